The molecule has 0 spiro atoms. The van der Waals surface area contributed by atoms with E-state index in [1.807, 2.05) is 0 Å². The van der Waals surface area contributed by atoms with Crippen molar-refractivity contribution >= 4 is 27.5 Å². The lowest BCUT2D eigenvalue weighted by Gasteiger charge is -2.11. The number of carbonyl (C=O) groups excluding carboxylic acids is 1. The van der Waals surface area contributed by atoms with Crippen molar-refractivity contribution in [3.05, 3.63) is 28.2 Å². The first-order valence-corrected chi connectivity index (χ1v) is 6.46. The molecule has 1 aliphatic rings. The molecule has 0 bridgehead atoms. The van der Waals surface area contributed by atoms with Gasteiger partial charge >= 0.3 is 0 Å². The van der Waals surface area contributed by atoms with E-state index in [-0.39, 0.29) is 16.9 Å². The van der Waals surface area contributed by atoms with Crippen LogP contribution in [0.5, 0.6) is 0 Å². The van der Waals surface area contributed by atoms with Crippen molar-refractivity contribution in [2.24, 2.45) is 11.7 Å². The summed E-state index contributed by atoms with van der Waals surface area (Å²) in [6.07, 6.45) is 2.13. The van der Waals surface area contributed by atoms with Crippen LogP contribution in [-0.2, 0) is 4.79 Å². The average molecular weight is 319 g/mol. The molecule has 1 unspecified atom stereocenters. The Kier molecular flexibility index (Phi) is 3.97. The van der Waals surface area contributed by atoms with Crippen molar-refractivity contribution in [2.75, 3.05) is 5.32 Å². The molecule has 1 saturated carbocycles. The van der Waals surface area contributed by atoms with Crippen LogP contribution in [0.3, 0.4) is 0 Å². The van der Waals surface area contributed by atoms with E-state index in [1.54, 1.807) is 0 Å². The van der Waals surface area contributed by atoms with Gasteiger partial charge in [-0.05, 0) is 30.9 Å². The maximum Gasteiger partial charge on any atom is 0.226 e. The van der Waals surface area contributed by atoms with Gasteiger partial charge in [0.1, 0.15) is 5.69 Å². The zero-order chi connectivity index (χ0) is 13.3. The first-order chi connectivity index (χ1) is 8.47. The standard InChI is InChI=1S/C12H13BrF2N2O/c13-7-3-8(14)12(9(15)4-7)17-11(18)5-10(16)6-1-2-6/h3-4,6,10H,1-2,5,16H2,(H,17,18). The van der Waals surface area contributed by atoms with Crippen LogP contribution in [-0.4, -0.2) is 11.9 Å². The molecule has 3 N–H and O–H groups in total. The smallest absolute Gasteiger partial charge is 0.226 e. The number of carbonyl (C=O) groups is 1. The van der Waals surface area contributed by atoms with E-state index in [1.165, 1.54) is 0 Å². The molecule has 0 radical (unpaired) electrons. The van der Waals surface area contributed by atoms with Gasteiger partial charge < -0.3 is 11.1 Å². The molecule has 0 aromatic heterocycles. The molecule has 0 heterocycles. The third-order valence-electron chi connectivity index (χ3n) is 2.92. The van der Waals surface area contributed by atoms with Gasteiger partial charge in [-0.25, -0.2) is 8.78 Å². The van der Waals surface area contributed by atoms with E-state index < -0.39 is 23.2 Å². The third-order valence-corrected chi connectivity index (χ3v) is 3.38. The van der Waals surface area contributed by atoms with Gasteiger partial charge in [-0.15, -0.1) is 0 Å². The fourth-order valence-corrected chi connectivity index (χ4v) is 2.16. The summed E-state index contributed by atoms with van der Waals surface area (Å²) in [7, 11) is 0. The predicted octanol–water partition coefficient (Wildman–Crippen LogP) is 2.79. The molecule has 1 aromatic rings. The van der Waals surface area contributed by atoms with Gasteiger partial charge in [0.05, 0.1) is 0 Å². The Morgan fingerprint density at radius 3 is 2.50 bits per heavy atom. The third kappa shape index (κ3) is 3.26. The highest BCUT2D eigenvalue weighted by Crippen LogP contribution is 2.33. The molecule has 98 valence electrons. The van der Waals surface area contributed by atoms with E-state index in [0.29, 0.717) is 5.92 Å². The molecular weight excluding hydrogens is 306 g/mol. The monoisotopic (exact) mass is 318 g/mol. The minimum atomic E-state index is -0.810. The number of benzene rings is 1. The van der Waals surface area contributed by atoms with E-state index in [9.17, 15) is 13.6 Å². The highest BCUT2D eigenvalue weighted by atomic mass is 79.9. The molecule has 1 amide bonds. The van der Waals surface area contributed by atoms with Gasteiger partial charge in [-0.2, -0.15) is 0 Å². The number of anilines is 1. The minimum absolute atomic E-state index is 0.0829. The molecule has 1 aromatic carbocycles. The van der Waals surface area contributed by atoms with Crippen molar-refractivity contribution in [1.29, 1.82) is 0 Å². The largest absolute Gasteiger partial charge is 0.327 e. The highest BCUT2D eigenvalue weighted by Gasteiger charge is 2.30. The summed E-state index contributed by atoms with van der Waals surface area (Å²) < 4.78 is 27.2. The SMILES string of the molecule is NC(CC(=O)Nc1c(F)cc(Br)cc1F)C1CC1. The van der Waals surface area contributed by atoms with Crippen molar-refractivity contribution in [3.63, 3.8) is 0 Å². The summed E-state index contributed by atoms with van der Waals surface area (Å²) >= 11 is 2.97. The number of halogens is 3. The van der Waals surface area contributed by atoms with Crippen LogP contribution in [0.4, 0.5) is 14.5 Å². The van der Waals surface area contributed by atoms with Crippen LogP contribution in [0.2, 0.25) is 0 Å². The Morgan fingerprint density at radius 2 is 2.00 bits per heavy atom. The maximum atomic E-state index is 13.5. The lowest BCUT2D eigenvalue weighted by Crippen LogP contribution is -2.29. The Morgan fingerprint density at radius 1 is 1.44 bits per heavy atom. The average Bonchev–Trinajstić information content (AvgIpc) is 3.06. The molecular formula is C12H13BrF2N2O. The summed E-state index contributed by atoms with van der Waals surface area (Å²) in [5.74, 6) is -1.71. The van der Waals surface area contributed by atoms with Gasteiger partial charge in [0.2, 0.25) is 5.91 Å². The van der Waals surface area contributed by atoms with E-state index in [2.05, 4.69) is 21.2 Å². The zero-order valence-electron chi connectivity index (χ0n) is 9.55. The summed E-state index contributed by atoms with van der Waals surface area (Å²) in [6.45, 7) is 0. The van der Waals surface area contributed by atoms with E-state index in [4.69, 9.17) is 5.73 Å². The van der Waals surface area contributed by atoms with Gasteiger partial charge in [0.25, 0.3) is 0 Å². The molecule has 0 saturated heterocycles. The quantitative estimate of drug-likeness (QED) is 0.897. The van der Waals surface area contributed by atoms with Crippen LogP contribution in [0.1, 0.15) is 19.3 Å². The lowest BCUT2D eigenvalue weighted by molar-refractivity contribution is -0.116. The van der Waals surface area contributed by atoms with Gasteiger partial charge in [-0.1, -0.05) is 15.9 Å². The number of hydrogen-bond acceptors (Lipinski definition) is 2. The fraction of sp³-hybridized carbons (Fsp3) is 0.417. The summed E-state index contributed by atoms with van der Waals surface area (Å²) in [4.78, 5) is 11.6. The maximum absolute atomic E-state index is 13.5. The van der Waals surface area contributed by atoms with Gasteiger partial charge in [0.15, 0.2) is 11.6 Å². The van der Waals surface area contributed by atoms with E-state index >= 15 is 0 Å². The Bertz CT molecular complexity index is 454. The van der Waals surface area contributed by atoms with Crippen LogP contribution in [0.15, 0.2) is 16.6 Å². The molecule has 18 heavy (non-hydrogen) atoms. The van der Waals surface area contributed by atoms with Gasteiger partial charge in [-0.3, -0.25) is 4.79 Å². The molecule has 6 heteroatoms. The van der Waals surface area contributed by atoms with E-state index in [0.717, 1.165) is 25.0 Å². The molecule has 1 fully saturated rings. The van der Waals surface area contributed by atoms with Crippen molar-refractivity contribution in [3.8, 4) is 0 Å². The Balaban J connectivity index is 2.02. The predicted molar refractivity (Wildman–Crippen MR) is 68.0 cm³/mol. The number of nitrogens with two attached hydrogens (primary N) is 1. The molecule has 1 atom stereocenters. The normalized spacial score (nSPS) is 16.4. The number of hydrogen-bond donors (Lipinski definition) is 2. The van der Waals surface area contributed by atoms with Crippen molar-refractivity contribution in [2.45, 2.75) is 25.3 Å². The lowest BCUT2D eigenvalue weighted by atomic mass is 10.1. The van der Waals surface area contributed by atoms with Gasteiger partial charge in [0, 0.05) is 16.9 Å². The summed E-state index contributed by atoms with van der Waals surface area (Å²) in [5.41, 5.74) is 5.35. The number of amides is 1. The van der Waals surface area contributed by atoms with Crippen LogP contribution >= 0.6 is 15.9 Å². The second kappa shape index (κ2) is 5.32. The summed E-state index contributed by atoms with van der Waals surface area (Å²) in [5, 5.41) is 2.23. The zero-order valence-corrected chi connectivity index (χ0v) is 11.1. The summed E-state index contributed by atoms with van der Waals surface area (Å²) in [6, 6.07) is 1.96. The van der Waals surface area contributed by atoms with Crippen molar-refractivity contribution < 1.29 is 13.6 Å². The van der Waals surface area contributed by atoms with Crippen LogP contribution < -0.4 is 11.1 Å². The Labute approximate surface area is 112 Å². The van der Waals surface area contributed by atoms with Crippen LogP contribution in [0, 0.1) is 17.6 Å². The number of nitrogens with one attached hydrogen (secondary N) is 1. The molecule has 3 nitrogen and oxygen atoms in total. The molecule has 2 rings (SSSR count). The second-order valence-electron chi connectivity index (χ2n) is 4.50. The molecule has 0 aliphatic heterocycles. The second-order valence-corrected chi connectivity index (χ2v) is 5.41. The fourth-order valence-electron chi connectivity index (χ4n) is 1.76. The topological polar surface area (TPSA) is 55.1 Å². The Hall–Kier alpha value is -1.01. The first kappa shape index (κ1) is 13.4. The first-order valence-electron chi connectivity index (χ1n) is 5.67. The minimum Gasteiger partial charge on any atom is -0.327 e. The number of rotatable bonds is 4. The van der Waals surface area contributed by atoms with Crippen molar-refractivity contribution in [1.82, 2.24) is 0 Å². The highest BCUT2D eigenvalue weighted by molar-refractivity contribution is 9.10. The molecule has 1 aliphatic carbocycles. The van der Waals surface area contributed by atoms with Crippen LogP contribution in [0.25, 0.3) is 0 Å².